The van der Waals surface area contributed by atoms with Gasteiger partial charge in [0.1, 0.15) is 6.07 Å². The normalized spacial score (nSPS) is 14.1. The molecule has 6 nitrogen and oxygen atoms in total. The fourth-order valence-corrected chi connectivity index (χ4v) is 8.11. The molecule has 3 heterocycles. The van der Waals surface area contributed by atoms with Gasteiger partial charge in [-0.25, -0.2) is 0 Å². The lowest BCUT2D eigenvalue weighted by Crippen LogP contribution is -2.29. The van der Waals surface area contributed by atoms with E-state index < -0.39 is 6.23 Å². The molecule has 1 atom stereocenters. The summed E-state index contributed by atoms with van der Waals surface area (Å²) in [7, 11) is 0. The van der Waals surface area contributed by atoms with Gasteiger partial charge in [0.25, 0.3) is 5.91 Å². The monoisotopic (exact) mass is 670 g/mol. The van der Waals surface area contributed by atoms with Crippen LogP contribution in [0.1, 0.15) is 33.3 Å². The number of nitriles is 1. The van der Waals surface area contributed by atoms with Gasteiger partial charge in [0, 0.05) is 38.4 Å². The molecule has 0 spiro atoms. The van der Waals surface area contributed by atoms with Gasteiger partial charge in [-0.3, -0.25) is 9.69 Å². The van der Waals surface area contributed by atoms with E-state index in [1.54, 1.807) is 30.3 Å². The number of aromatic nitrogens is 2. The molecule has 1 aliphatic rings. The van der Waals surface area contributed by atoms with Crippen LogP contribution in [-0.2, 0) is 0 Å². The van der Waals surface area contributed by atoms with Crippen LogP contribution >= 0.6 is 0 Å². The summed E-state index contributed by atoms with van der Waals surface area (Å²) in [6.07, 6.45) is -1.22. The first-order chi connectivity index (χ1) is 25.5. The Balaban J connectivity index is 1.17. The van der Waals surface area contributed by atoms with Crippen LogP contribution in [0.5, 0.6) is 0 Å². The molecular formula is C46H30N4O2. The number of benzene rings is 7. The fourth-order valence-electron chi connectivity index (χ4n) is 8.11. The van der Waals surface area contributed by atoms with Crippen LogP contribution in [0.2, 0.25) is 0 Å². The van der Waals surface area contributed by atoms with E-state index in [-0.39, 0.29) is 5.91 Å². The van der Waals surface area contributed by atoms with E-state index in [4.69, 9.17) is 0 Å². The maximum Gasteiger partial charge on any atom is 0.261 e. The Bertz CT molecular complexity index is 2980. The lowest BCUT2D eigenvalue weighted by molar-refractivity contribution is 0.0935. The van der Waals surface area contributed by atoms with E-state index in [2.05, 4.69) is 119 Å². The zero-order valence-electron chi connectivity index (χ0n) is 28.2. The van der Waals surface area contributed by atoms with Crippen LogP contribution in [0.4, 0.5) is 5.69 Å². The van der Waals surface area contributed by atoms with Crippen molar-refractivity contribution in [2.24, 2.45) is 0 Å². The lowest BCUT2D eigenvalue weighted by atomic mass is 10.0. The number of carbonyl (C=O) groups is 1. The molecule has 2 aromatic heterocycles. The molecule has 0 aliphatic carbocycles. The first-order valence-corrected chi connectivity index (χ1v) is 17.3. The lowest BCUT2D eigenvalue weighted by Gasteiger charge is -2.26. The third-order valence-electron chi connectivity index (χ3n) is 10.5. The summed E-state index contributed by atoms with van der Waals surface area (Å²) in [5, 5.41) is 26.3. The second kappa shape index (κ2) is 11.3. The minimum atomic E-state index is -1.22. The van der Waals surface area contributed by atoms with Crippen LogP contribution in [0.25, 0.3) is 66.1 Å². The maximum atomic E-state index is 13.8. The summed E-state index contributed by atoms with van der Waals surface area (Å²) < 4.78 is 4.43. The Morgan fingerprint density at radius 1 is 0.596 bits per heavy atom. The molecule has 6 heteroatoms. The first-order valence-electron chi connectivity index (χ1n) is 17.3. The summed E-state index contributed by atoms with van der Waals surface area (Å²) in [6, 6.07) is 53.4. The minimum absolute atomic E-state index is 0.304. The molecule has 1 N–H and O–H groups in total. The van der Waals surface area contributed by atoms with E-state index >= 15 is 0 Å². The number of fused-ring (bicyclic) bond motifs is 7. The number of nitrogens with zero attached hydrogens (tertiary/aromatic N) is 4. The highest BCUT2D eigenvalue weighted by atomic mass is 16.3. The predicted molar refractivity (Wildman–Crippen MR) is 208 cm³/mol. The summed E-state index contributed by atoms with van der Waals surface area (Å²) in [6.45, 7) is 2.11. The summed E-state index contributed by atoms with van der Waals surface area (Å²) >= 11 is 0. The van der Waals surface area contributed by atoms with Gasteiger partial charge < -0.3 is 14.2 Å². The van der Waals surface area contributed by atoms with E-state index in [1.165, 1.54) is 21.2 Å². The highest BCUT2D eigenvalue weighted by Crippen LogP contribution is 2.44. The second-order valence-corrected chi connectivity index (χ2v) is 13.4. The predicted octanol–water partition coefficient (Wildman–Crippen LogP) is 10.4. The van der Waals surface area contributed by atoms with Gasteiger partial charge in [0.05, 0.1) is 39.0 Å². The largest absolute Gasteiger partial charge is 0.369 e. The van der Waals surface area contributed by atoms with Crippen molar-refractivity contribution >= 4 is 55.2 Å². The van der Waals surface area contributed by atoms with Crippen molar-refractivity contribution in [1.29, 1.82) is 5.26 Å². The number of aliphatic hydroxyl groups excluding tert-OH is 1. The van der Waals surface area contributed by atoms with Crippen molar-refractivity contribution in [3.63, 3.8) is 0 Å². The first kappa shape index (κ1) is 29.9. The van der Waals surface area contributed by atoms with Gasteiger partial charge in [-0.2, -0.15) is 5.26 Å². The smallest absolute Gasteiger partial charge is 0.261 e. The van der Waals surface area contributed by atoms with Gasteiger partial charge in [-0.05, 0) is 84.8 Å². The molecule has 10 rings (SSSR count). The molecule has 0 bridgehead atoms. The van der Waals surface area contributed by atoms with E-state index in [0.717, 1.165) is 49.7 Å². The van der Waals surface area contributed by atoms with Crippen molar-refractivity contribution in [2.45, 2.75) is 13.2 Å². The van der Waals surface area contributed by atoms with Gasteiger partial charge in [-0.1, -0.05) is 90.5 Å². The zero-order chi connectivity index (χ0) is 35.1. The number of aryl methyl sites for hydroxylation is 1. The Morgan fingerprint density at radius 3 is 1.83 bits per heavy atom. The number of carbonyl (C=O) groups excluding carboxylic acids is 1. The van der Waals surface area contributed by atoms with Crippen molar-refractivity contribution in [1.82, 2.24) is 9.13 Å². The van der Waals surface area contributed by atoms with Crippen molar-refractivity contribution in [3.05, 3.63) is 174 Å². The Kier molecular flexibility index (Phi) is 6.50. The van der Waals surface area contributed by atoms with Crippen LogP contribution < -0.4 is 4.90 Å². The third-order valence-corrected chi connectivity index (χ3v) is 10.5. The Labute approximate surface area is 299 Å². The number of amides is 1. The van der Waals surface area contributed by atoms with Gasteiger partial charge >= 0.3 is 0 Å². The molecule has 246 valence electrons. The average molecular weight is 671 g/mol. The Morgan fingerprint density at radius 2 is 1.17 bits per heavy atom. The van der Waals surface area contributed by atoms with Crippen molar-refractivity contribution in [3.8, 4) is 28.6 Å². The quantitative estimate of drug-likeness (QED) is 0.203. The second-order valence-electron chi connectivity index (χ2n) is 13.4. The van der Waals surface area contributed by atoms with Crippen molar-refractivity contribution < 1.29 is 9.90 Å². The molecule has 1 aliphatic heterocycles. The van der Waals surface area contributed by atoms with Crippen LogP contribution in [0, 0.1) is 18.3 Å². The van der Waals surface area contributed by atoms with E-state index in [1.807, 2.05) is 24.3 Å². The highest BCUT2D eigenvalue weighted by Gasteiger charge is 2.39. The average Bonchev–Trinajstić information content (AvgIpc) is 3.79. The number of hydrogen-bond donors (Lipinski definition) is 1. The number of hydrogen-bond acceptors (Lipinski definition) is 3. The van der Waals surface area contributed by atoms with Gasteiger partial charge in [0.2, 0.25) is 0 Å². The third kappa shape index (κ3) is 4.24. The zero-order valence-corrected chi connectivity index (χ0v) is 28.2. The molecule has 1 amide bonds. The standard InChI is InChI=1S/C46H30N4O2/c1-28-17-21-32(22-18-28)48-39-14-6-4-10-33(39)37-25-29(19-23-41(37)48)30-20-24-42-38(26-30)34-11-5-7-15-40(34)49(42)43-16-8-9-31(27-47)44(43)50-45(51)35-12-2-3-13-36(35)46(50)52/h2-26,45,51H,1H3. The molecule has 7 aromatic carbocycles. The molecular weight excluding hydrogens is 641 g/mol. The number of para-hydroxylation sites is 3. The number of aliphatic hydroxyl groups is 1. The number of anilines is 1. The molecule has 0 fully saturated rings. The molecule has 1 unspecified atom stereocenters. The summed E-state index contributed by atoms with van der Waals surface area (Å²) in [5.74, 6) is -0.339. The van der Waals surface area contributed by atoms with Gasteiger partial charge in [0.15, 0.2) is 6.23 Å². The van der Waals surface area contributed by atoms with E-state index in [0.29, 0.717) is 28.1 Å². The molecule has 0 radical (unpaired) electrons. The molecule has 52 heavy (non-hydrogen) atoms. The van der Waals surface area contributed by atoms with E-state index in [9.17, 15) is 15.2 Å². The topological polar surface area (TPSA) is 74.2 Å². The Hall–Kier alpha value is -6.94. The van der Waals surface area contributed by atoms with Crippen LogP contribution in [-0.4, -0.2) is 20.1 Å². The van der Waals surface area contributed by atoms with Crippen molar-refractivity contribution in [2.75, 3.05) is 4.90 Å². The summed E-state index contributed by atoms with van der Waals surface area (Å²) in [5.41, 5.74) is 11.0. The molecule has 9 aromatic rings. The minimum Gasteiger partial charge on any atom is -0.369 e. The SMILES string of the molecule is Cc1ccc(-n2c3ccccc3c3cc(-c4ccc5c(c4)c4ccccc4n5-c4cccc(C#N)c4N4C(=O)c5ccccc5C4O)ccc32)cc1. The fraction of sp³-hybridized carbons (Fsp3) is 0.0435. The van der Waals surface area contributed by atoms with Crippen LogP contribution in [0.3, 0.4) is 0 Å². The summed E-state index contributed by atoms with van der Waals surface area (Å²) in [4.78, 5) is 15.2. The number of rotatable bonds is 4. The highest BCUT2D eigenvalue weighted by molar-refractivity contribution is 6.15. The maximum absolute atomic E-state index is 13.8. The molecule has 0 saturated carbocycles. The van der Waals surface area contributed by atoms with Crippen LogP contribution in [0.15, 0.2) is 152 Å². The van der Waals surface area contributed by atoms with Gasteiger partial charge in [-0.15, -0.1) is 0 Å². The molecule has 0 saturated heterocycles.